The average molecular weight is 393 g/mol. The highest BCUT2D eigenvalue weighted by atomic mass is 79.9. The van der Waals surface area contributed by atoms with Gasteiger partial charge in [-0.15, -0.1) is 0 Å². The van der Waals surface area contributed by atoms with E-state index in [2.05, 4.69) is 55.0 Å². The first-order valence-electron chi connectivity index (χ1n) is 6.13. The van der Waals surface area contributed by atoms with Crippen LogP contribution in [-0.4, -0.2) is 4.98 Å². The Morgan fingerprint density at radius 1 is 0.850 bits per heavy atom. The minimum atomic E-state index is 0.468. The van der Waals surface area contributed by atoms with E-state index in [1.54, 1.807) is 6.20 Å². The Hall–Kier alpha value is -1.39. The number of pyridine rings is 1. The van der Waals surface area contributed by atoms with Gasteiger partial charge < -0.3 is 4.74 Å². The van der Waals surface area contributed by atoms with E-state index in [4.69, 9.17) is 4.74 Å². The Labute approximate surface area is 134 Å². The van der Waals surface area contributed by atoms with Crippen molar-refractivity contribution in [2.75, 3.05) is 0 Å². The van der Waals surface area contributed by atoms with Crippen LogP contribution in [0, 0.1) is 0 Å². The van der Waals surface area contributed by atoms with Crippen LogP contribution in [0.3, 0.4) is 0 Å². The number of halogens is 2. The molecule has 4 heteroatoms. The molecule has 0 aliphatic rings. The molecule has 1 aromatic heterocycles. The molecule has 0 saturated heterocycles. The molecule has 0 spiro atoms. The summed E-state index contributed by atoms with van der Waals surface area (Å²) in [6, 6.07) is 16.2. The molecular weight excluding hydrogens is 382 g/mol. The monoisotopic (exact) mass is 391 g/mol. The van der Waals surface area contributed by atoms with Gasteiger partial charge in [0.05, 0.1) is 5.69 Å². The number of ether oxygens (including phenoxy) is 1. The van der Waals surface area contributed by atoms with Crippen molar-refractivity contribution < 1.29 is 4.74 Å². The molecule has 3 aromatic rings. The van der Waals surface area contributed by atoms with Crippen LogP contribution >= 0.6 is 31.9 Å². The summed E-state index contributed by atoms with van der Waals surface area (Å²) in [7, 11) is 0. The Kier molecular flexibility index (Phi) is 4.03. The van der Waals surface area contributed by atoms with E-state index in [0.29, 0.717) is 6.61 Å². The van der Waals surface area contributed by atoms with Crippen molar-refractivity contribution in [3.63, 3.8) is 0 Å². The molecule has 3 rings (SSSR count). The van der Waals surface area contributed by atoms with Crippen molar-refractivity contribution in [3.8, 4) is 5.75 Å². The van der Waals surface area contributed by atoms with Gasteiger partial charge in [-0.3, -0.25) is 4.98 Å². The summed E-state index contributed by atoms with van der Waals surface area (Å²) in [5.41, 5.74) is 0.907. The number of aromatic nitrogens is 1. The Morgan fingerprint density at radius 3 is 2.40 bits per heavy atom. The van der Waals surface area contributed by atoms with Crippen LogP contribution in [0.25, 0.3) is 10.8 Å². The van der Waals surface area contributed by atoms with Crippen molar-refractivity contribution >= 4 is 42.6 Å². The predicted molar refractivity (Wildman–Crippen MR) is 87.9 cm³/mol. The molecule has 0 radical (unpaired) electrons. The van der Waals surface area contributed by atoms with E-state index < -0.39 is 0 Å². The fraction of sp³-hybridized carbons (Fsp3) is 0.0625. The number of hydrogen-bond donors (Lipinski definition) is 0. The lowest BCUT2D eigenvalue weighted by atomic mass is 10.1. The topological polar surface area (TPSA) is 22.1 Å². The van der Waals surface area contributed by atoms with Gasteiger partial charge in [0.15, 0.2) is 0 Å². The van der Waals surface area contributed by atoms with Gasteiger partial charge in [0.25, 0.3) is 0 Å². The zero-order valence-corrected chi connectivity index (χ0v) is 13.7. The lowest BCUT2D eigenvalue weighted by Gasteiger charge is -2.07. The molecule has 0 fully saturated rings. The van der Waals surface area contributed by atoms with Crippen molar-refractivity contribution in [1.82, 2.24) is 4.98 Å². The lowest BCUT2D eigenvalue weighted by molar-refractivity contribution is 0.301. The van der Waals surface area contributed by atoms with Gasteiger partial charge in [-0.1, -0.05) is 28.1 Å². The van der Waals surface area contributed by atoms with Gasteiger partial charge in [0.1, 0.15) is 12.4 Å². The molecule has 0 saturated carbocycles. The molecule has 0 amide bonds. The number of nitrogens with zero attached hydrogens (tertiary/aromatic N) is 1. The van der Waals surface area contributed by atoms with Crippen molar-refractivity contribution in [1.29, 1.82) is 0 Å². The van der Waals surface area contributed by atoms with Crippen LogP contribution in [-0.2, 0) is 6.61 Å². The zero-order valence-electron chi connectivity index (χ0n) is 10.5. The van der Waals surface area contributed by atoms with E-state index in [0.717, 1.165) is 25.8 Å². The first-order valence-corrected chi connectivity index (χ1v) is 7.72. The summed E-state index contributed by atoms with van der Waals surface area (Å²) < 4.78 is 7.83. The van der Waals surface area contributed by atoms with E-state index in [9.17, 15) is 0 Å². The maximum absolute atomic E-state index is 5.78. The van der Waals surface area contributed by atoms with Gasteiger partial charge in [0.2, 0.25) is 0 Å². The van der Waals surface area contributed by atoms with Gasteiger partial charge >= 0.3 is 0 Å². The lowest BCUT2D eigenvalue weighted by Crippen LogP contribution is -1.97. The molecule has 0 aliphatic heterocycles. The third-order valence-electron chi connectivity index (χ3n) is 2.95. The van der Waals surface area contributed by atoms with Crippen molar-refractivity contribution in [2.45, 2.75) is 6.61 Å². The molecule has 0 bridgehead atoms. The molecule has 1 heterocycles. The van der Waals surface area contributed by atoms with Gasteiger partial charge in [-0.2, -0.15) is 0 Å². The fourth-order valence-corrected chi connectivity index (χ4v) is 2.55. The average Bonchev–Trinajstić information content (AvgIpc) is 2.46. The van der Waals surface area contributed by atoms with Gasteiger partial charge in [0, 0.05) is 15.1 Å². The summed E-state index contributed by atoms with van der Waals surface area (Å²) in [5.74, 6) is 0.851. The van der Waals surface area contributed by atoms with Crippen LogP contribution in [0.1, 0.15) is 5.69 Å². The predicted octanol–water partition coefficient (Wildman–Crippen LogP) is 5.34. The third-order valence-corrected chi connectivity index (χ3v) is 3.91. The first kappa shape index (κ1) is 13.6. The van der Waals surface area contributed by atoms with Crippen LogP contribution in [0.2, 0.25) is 0 Å². The molecule has 0 aliphatic carbocycles. The van der Waals surface area contributed by atoms with Gasteiger partial charge in [-0.25, -0.2) is 0 Å². The van der Waals surface area contributed by atoms with E-state index in [-0.39, 0.29) is 0 Å². The third kappa shape index (κ3) is 3.19. The highest BCUT2D eigenvalue weighted by Crippen LogP contribution is 2.24. The van der Waals surface area contributed by atoms with Crippen molar-refractivity contribution in [2.24, 2.45) is 0 Å². The number of benzene rings is 2. The van der Waals surface area contributed by atoms with Crippen LogP contribution in [0.4, 0.5) is 0 Å². The van der Waals surface area contributed by atoms with E-state index in [1.807, 2.05) is 30.3 Å². The molecule has 0 unspecified atom stereocenters. The molecule has 0 N–H and O–H groups in total. The smallest absolute Gasteiger partial charge is 0.130 e. The normalized spacial score (nSPS) is 10.7. The summed E-state index contributed by atoms with van der Waals surface area (Å²) in [4.78, 5) is 4.29. The standard InChI is InChI=1S/C16H11Br2NO/c17-13-3-1-12-8-16(6-2-11(12)7-13)20-10-15-5-4-14(18)9-19-15/h1-9H,10H2. The minimum absolute atomic E-state index is 0.468. The zero-order chi connectivity index (χ0) is 13.9. The Bertz CT molecular complexity index is 741. The minimum Gasteiger partial charge on any atom is -0.487 e. The molecule has 20 heavy (non-hydrogen) atoms. The van der Waals surface area contributed by atoms with Crippen LogP contribution < -0.4 is 4.74 Å². The number of rotatable bonds is 3. The Balaban J connectivity index is 1.77. The second kappa shape index (κ2) is 5.94. The van der Waals surface area contributed by atoms with E-state index >= 15 is 0 Å². The quantitative estimate of drug-likeness (QED) is 0.600. The second-order valence-electron chi connectivity index (χ2n) is 4.41. The summed E-state index contributed by atoms with van der Waals surface area (Å²) in [6.07, 6.45) is 1.77. The molecule has 0 atom stereocenters. The molecule has 100 valence electrons. The SMILES string of the molecule is Brc1ccc(COc2ccc3cc(Br)ccc3c2)nc1. The molecular formula is C16H11Br2NO. The Morgan fingerprint density at radius 2 is 1.60 bits per heavy atom. The largest absolute Gasteiger partial charge is 0.487 e. The van der Waals surface area contributed by atoms with Crippen LogP contribution in [0.5, 0.6) is 5.75 Å². The first-order chi connectivity index (χ1) is 9.70. The number of hydrogen-bond acceptors (Lipinski definition) is 2. The molecule has 2 nitrogen and oxygen atoms in total. The number of fused-ring (bicyclic) bond motifs is 1. The second-order valence-corrected chi connectivity index (χ2v) is 6.24. The maximum Gasteiger partial charge on any atom is 0.130 e. The summed E-state index contributed by atoms with van der Waals surface area (Å²) >= 11 is 6.84. The summed E-state index contributed by atoms with van der Waals surface area (Å²) in [6.45, 7) is 0.468. The highest BCUT2D eigenvalue weighted by molar-refractivity contribution is 9.10. The molecule has 2 aromatic carbocycles. The van der Waals surface area contributed by atoms with Gasteiger partial charge in [-0.05, 0) is 63.1 Å². The van der Waals surface area contributed by atoms with Crippen LogP contribution in [0.15, 0.2) is 63.7 Å². The van der Waals surface area contributed by atoms with Crippen molar-refractivity contribution in [3.05, 3.63) is 69.4 Å². The van der Waals surface area contributed by atoms with E-state index in [1.165, 1.54) is 5.39 Å². The maximum atomic E-state index is 5.78. The fourth-order valence-electron chi connectivity index (χ4n) is 1.93. The highest BCUT2D eigenvalue weighted by Gasteiger charge is 2.00. The summed E-state index contributed by atoms with van der Waals surface area (Å²) in [5, 5.41) is 2.35.